The lowest BCUT2D eigenvalue weighted by atomic mass is 10.1. The second-order valence-electron chi connectivity index (χ2n) is 6.42. The van der Waals surface area contributed by atoms with E-state index in [9.17, 15) is 9.59 Å². The number of halogens is 1. The smallest absolute Gasteiger partial charge is 0.242 e. The van der Waals surface area contributed by atoms with Gasteiger partial charge in [-0.3, -0.25) is 9.59 Å². The van der Waals surface area contributed by atoms with Gasteiger partial charge in [-0.05, 0) is 31.6 Å². The molecule has 1 heterocycles. The fourth-order valence-electron chi connectivity index (χ4n) is 2.56. The monoisotopic (exact) mass is 319 g/mol. The zero-order valence-corrected chi connectivity index (χ0v) is 14.4. The molecule has 0 saturated carbocycles. The number of hydrogen-bond donors (Lipinski definition) is 2. The molecule has 0 bridgehead atoms. The van der Waals surface area contributed by atoms with Crippen molar-refractivity contribution in [1.82, 2.24) is 10.2 Å². The fourth-order valence-corrected chi connectivity index (χ4v) is 2.56. The summed E-state index contributed by atoms with van der Waals surface area (Å²) in [7, 11) is 0. The van der Waals surface area contributed by atoms with Crippen LogP contribution in [0.4, 0.5) is 0 Å². The number of nitrogens with two attached hydrogens (primary N) is 1. The van der Waals surface area contributed by atoms with Gasteiger partial charge in [0.25, 0.3) is 0 Å². The van der Waals surface area contributed by atoms with Crippen LogP contribution in [-0.4, -0.2) is 41.9 Å². The zero-order chi connectivity index (χ0) is 15.3. The third-order valence-electron chi connectivity index (χ3n) is 4.11. The van der Waals surface area contributed by atoms with Gasteiger partial charge in [-0.25, -0.2) is 0 Å². The number of rotatable bonds is 4. The van der Waals surface area contributed by atoms with Crippen molar-refractivity contribution in [3.05, 3.63) is 0 Å². The highest BCUT2D eigenvalue weighted by molar-refractivity contribution is 5.87. The minimum Gasteiger partial charge on any atom is -0.346 e. The Balaban J connectivity index is 0.00000400. The second-order valence-corrected chi connectivity index (χ2v) is 6.42. The zero-order valence-electron chi connectivity index (χ0n) is 13.6. The van der Waals surface area contributed by atoms with E-state index in [0.29, 0.717) is 5.92 Å². The van der Waals surface area contributed by atoms with Crippen LogP contribution in [0.2, 0.25) is 0 Å². The lowest BCUT2D eigenvalue weighted by Gasteiger charge is -2.29. The number of likely N-dealkylation sites (tertiary alicyclic amines) is 1. The lowest BCUT2D eigenvalue weighted by Crippen LogP contribution is -2.49. The standard InChI is InChI=1S/C15H29N3O2.ClH/c1-10(2)14(16)15(20)17-8-13(19)18-9-11(3)6-5-7-12(18)4;/h10-12,14H,5-9,16H2,1-4H3,(H,17,20);1H/t11?,12?,14-;/m0./s1. The van der Waals surface area contributed by atoms with E-state index in [4.69, 9.17) is 5.73 Å². The molecule has 2 amide bonds. The maximum atomic E-state index is 12.3. The van der Waals surface area contributed by atoms with Gasteiger partial charge in [0.15, 0.2) is 0 Å². The SMILES string of the molecule is CC1CCCC(C)N(C(=O)CNC(=O)[C@@H](N)C(C)C)C1.Cl. The first-order valence-electron chi connectivity index (χ1n) is 7.65. The molecule has 0 aromatic carbocycles. The van der Waals surface area contributed by atoms with E-state index in [1.807, 2.05) is 18.7 Å². The van der Waals surface area contributed by atoms with Crippen molar-refractivity contribution in [2.75, 3.05) is 13.1 Å². The van der Waals surface area contributed by atoms with Crippen LogP contribution in [0.25, 0.3) is 0 Å². The summed E-state index contributed by atoms with van der Waals surface area (Å²) >= 11 is 0. The number of carbonyl (C=O) groups is 2. The van der Waals surface area contributed by atoms with Crippen molar-refractivity contribution in [2.45, 2.75) is 59.0 Å². The van der Waals surface area contributed by atoms with Crippen molar-refractivity contribution in [3.8, 4) is 0 Å². The molecule has 124 valence electrons. The van der Waals surface area contributed by atoms with Crippen molar-refractivity contribution >= 4 is 24.2 Å². The molecule has 0 aromatic heterocycles. The molecule has 0 spiro atoms. The van der Waals surface area contributed by atoms with Crippen molar-refractivity contribution in [3.63, 3.8) is 0 Å². The van der Waals surface area contributed by atoms with E-state index >= 15 is 0 Å². The first-order chi connectivity index (χ1) is 9.32. The maximum Gasteiger partial charge on any atom is 0.242 e. The van der Waals surface area contributed by atoms with Gasteiger partial charge < -0.3 is 16.0 Å². The van der Waals surface area contributed by atoms with Crippen LogP contribution in [0.5, 0.6) is 0 Å². The topological polar surface area (TPSA) is 75.4 Å². The Morgan fingerprint density at radius 3 is 2.48 bits per heavy atom. The molecule has 6 heteroatoms. The van der Waals surface area contributed by atoms with Gasteiger partial charge in [0.05, 0.1) is 12.6 Å². The number of nitrogens with one attached hydrogen (secondary N) is 1. The molecule has 1 saturated heterocycles. The fraction of sp³-hybridized carbons (Fsp3) is 0.867. The molecule has 0 aliphatic carbocycles. The lowest BCUT2D eigenvalue weighted by molar-refractivity contribution is -0.135. The highest BCUT2D eigenvalue weighted by atomic mass is 35.5. The van der Waals surface area contributed by atoms with Gasteiger partial charge in [0.1, 0.15) is 0 Å². The number of amides is 2. The van der Waals surface area contributed by atoms with E-state index in [1.54, 1.807) is 0 Å². The largest absolute Gasteiger partial charge is 0.346 e. The molecule has 21 heavy (non-hydrogen) atoms. The second kappa shape index (κ2) is 9.26. The van der Waals surface area contributed by atoms with E-state index in [1.165, 1.54) is 6.42 Å². The minimum absolute atomic E-state index is 0. The summed E-state index contributed by atoms with van der Waals surface area (Å²) in [6.45, 7) is 8.88. The third-order valence-corrected chi connectivity index (χ3v) is 4.11. The summed E-state index contributed by atoms with van der Waals surface area (Å²) in [5, 5.41) is 2.66. The maximum absolute atomic E-state index is 12.3. The number of nitrogens with zero attached hydrogens (tertiary/aromatic N) is 1. The molecule has 1 fully saturated rings. The van der Waals surface area contributed by atoms with Crippen LogP contribution in [0.15, 0.2) is 0 Å². The molecule has 1 aliphatic heterocycles. The Bertz CT molecular complexity index is 350. The average Bonchev–Trinajstić information content (AvgIpc) is 2.56. The number of carbonyl (C=O) groups excluding carboxylic acids is 2. The van der Waals surface area contributed by atoms with Gasteiger partial charge in [-0.15, -0.1) is 12.4 Å². The molecule has 1 rings (SSSR count). The summed E-state index contributed by atoms with van der Waals surface area (Å²) in [5.41, 5.74) is 5.76. The Kier molecular flexibility index (Phi) is 8.90. The van der Waals surface area contributed by atoms with Crippen molar-refractivity contribution < 1.29 is 9.59 Å². The summed E-state index contributed by atoms with van der Waals surface area (Å²) < 4.78 is 0. The Morgan fingerprint density at radius 1 is 1.29 bits per heavy atom. The molecule has 3 N–H and O–H groups in total. The van der Waals surface area contributed by atoms with Crippen molar-refractivity contribution in [2.24, 2.45) is 17.6 Å². The van der Waals surface area contributed by atoms with Crippen LogP contribution in [0.1, 0.15) is 47.0 Å². The summed E-state index contributed by atoms with van der Waals surface area (Å²) in [6.07, 6.45) is 3.37. The highest BCUT2D eigenvalue weighted by Crippen LogP contribution is 2.20. The first-order valence-corrected chi connectivity index (χ1v) is 7.65. The summed E-state index contributed by atoms with van der Waals surface area (Å²) in [4.78, 5) is 26.0. The molecule has 2 unspecified atom stereocenters. The average molecular weight is 320 g/mol. The Hall–Kier alpha value is -0.810. The van der Waals surface area contributed by atoms with Crippen LogP contribution in [0.3, 0.4) is 0 Å². The van der Waals surface area contributed by atoms with Gasteiger partial charge in [0, 0.05) is 12.6 Å². The van der Waals surface area contributed by atoms with E-state index in [0.717, 1.165) is 19.4 Å². The van der Waals surface area contributed by atoms with Gasteiger partial charge in [0.2, 0.25) is 11.8 Å². The van der Waals surface area contributed by atoms with Crippen molar-refractivity contribution in [1.29, 1.82) is 0 Å². The van der Waals surface area contributed by atoms with E-state index in [2.05, 4.69) is 19.2 Å². The molecule has 3 atom stereocenters. The Labute approximate surface area is 134 Å². The van der Waals surface area contributed by atoms with Crippen LogP contribution < -0.4 is 11.1 Å². The molecule has 0 aromatic rings. The minimum atomic E-state index is -0.553. The van der Waals surface area contributed by atoms with E-state index < -0.39 is 6.04 Å². The van der Waals surface area contributed by atoms with E-state index in [-0.39, 0.29) is 42.7 Å². The normalized spacial score (nSPS) is 24.0. The summed E-state index contributed by atoms with van der Waals surface area (Å²) in [5.74, 6) is 0.346. The van der Waals surface area contributed by atoms with Gasteiger partial charge in [-0.1, -0.05) is 27.2 Å². The predicted octanol–water partition coefficient (Wildman–Crippen LogP) is 1.54. The first kappa shape index (κ1) is 20.2. The molecular formula is C15H30ClN3O2. The molecule has 0 radical (unpaired) electrons. The quantitative estimate of drug-likeness (QED) is 0.825. The van der Waals surface area contributed by atoms with Crippen LogP contribution >= 0.6 is 12.4 Å². The van der Waals surface area contributed by atoms with Crippen LogP contribution in [-0.2, 0) is 9.59 Å². The predicted molar refractivity (Wildman–Crippen MR) is 87.3 cm³/mol. The molecule has 5 nitrogen and oxygen atoms in total. The number of hydrogen-bond acceptors (Lipinski definition) is 3. The van der Waals surface area contributed by atoms with Gasteiger partial charge in [-0.2, -0.15) is 0 Å². The van der Waals surface area contributed by atoms with Gasteiger partial charge >= 0.3 is 0 Å². The summed E-state index contributed by atoms with van der Waals surface area (Å²) in [6, 6.07) is -0.300. The Morgan fingerprint density at radius 2 is 1.90 bits per heavy atom. The van der Waals surface area contributed by atoms with Crippen LogP contribution in [0, 0.1) is 11.8 Å². The highest BCUT2D eigenvalue weighted by Gasteiger charge is 2.26. The third kappa shape index (κ3) is 6.22. The molecular weight excluding hydrogens is 290 g/mol. The molecule has 1 aliphatic rings.